The maximum atomic E-state index is 11.7. The van der Waals surface area contributed by atoms with Crippen LogP contribution in [0.1, 0.15) is 33.1 Å². The van der Waals surface area contributed by atoms with Crippen LogP contribution in [0.3, 0.4) is 0 Å². The van der Waals surface area contributed by atoms with Gasteiger partial charge in [0.2, 0.25) is 0 Å². The van der Waals surface area contributed by atoms with E-state index < -0.39 is 5.97 Å². The van der Waals surface area contributed by atoms with Crippen molar-refractivity contribution in [3.05, 3.63) is 12.2 Å². The van der Waals surface area contributed by atoms with Crippen LogP contribution >= 0.6 is 0 Å². The number of carboxylic acid groups (broad SMARTS) is 1. The molecule has 0 aromatic rings. The minimum atomic E-state index is -0.764. The fourth-order valence-corrected chi connectivity index (χ4v) is 3.97. The van der Waals surface area contributed by atoms with Crippen molar-refractivity contribution in [1.29, 1.82) is 0 Å². The van der Waals surface area contributed by atoms with Crippen molar-refractivity contribution in [3.63, 3.8) is 0 Å². The third-order valence-electron chi connectivity index (χ3n) is 4.80. The molecule has 0 radical (unpaired) electrons. The molecule has 2 aliphatic carbocycles. The predicted molar refractivity (Wildman–Crippen MR) is 73.4 cm³/mol. The van der Waals surface area contributed by atoms with E-state index in [-0.39, 0.29) is 6.04 Å². The van der Waals surface area contributed by atoms with Crippen LogP contribution in [-0.2, 0) is 4.79 Å². The molecule has 0 aromatic heterocycles. The van der Waals surface area contributed by atoms with Crippen LogP contribution in [0, 0.1) is 11.8 Å². The number of carboxylic acids is 1. The number of carbonyl (C=O) groups is 1. The van der Waals surface area contributed by atoms with E-state index in [2.05, 4.69) is 35.5 Å². The van der Waals surface area contributed by atoms with Gasteiger partial charge < -0.3 is 5.11 Å². The van der Waals surface area contributed by atoms with E-state index in [9.17, 15) is 9.90 Å². The molecule has 2 bridgehead atoms. The van der Waals surface area contributed by atoms with Gasteiger partial charge in [0.15, 0.2) is 0 Å². The van der Waals surface area contributed by atoms with Crippen LogP contribution in [0.2, 0.25) is 0 Å². The number of hydrogen-bond donors (Lipinski definition) is 1. The molecule has 0 aromatic carbocycles. The maximum absolute atomic E-state index is 11.7. The van der Waals surface area contributed by atoms with Crippen molar-refractivity contribution in [3.8, 4) is 0 Å². The standard InChI is InChI=1S/C15H22N2O2/c1-10(2)16-6-3-7-17(14(16)15(18)19)13-9-11-4-5-12(13)8-11/h4-5,10-13H,3,6-9H2,1-2H3/p+1. The second-order valence-electron chi connectivity index (χ2n) is 6.31. The Morgan fingerprint density at radius 2 is 2.21 bits per heavy atom. The topological polar surface area (TPSA) is 43.5 Å². The first-order valence-corrected chi connectivity index (χ1v) is 7.39. The zero-order chi connectivity index (χ0) is 13.6. The van der Waals surface area contributed by atoms with Crippen LogP contribution in [0.5, 0.6) is 0 Å². The predicted octanol–water partition coefficient (Wildman–Crippen LogP) is 1.56. The molecule has 3 atom stereocenters. The molecule has 4 nitrogen and oxygen atoms in total. The Morgan fingerprint density at radius 1 is 1.42 bits per heavy atom. The Kier molecular flexibility index (Phi) is 3.11. The zero-order valence-corrected chi connectivity index (χ0v) is 11.7. The number of fused-ring (bicyclic) bond motifs is 2. The summed E-state index contributed by atoms with van der Waals surface area (Å²) in [5.74, 6) is 1.01. The van der Waals surface area contributed by atoms with Crippen LogP contribution in [-0.4, -0.2) is 51.6 Å². The SMILES string of the molecule is CC(C)N1CCC[N+](C2CC3C=CC2C3)=C1C(=O)O. The Hall–Kier alpha value is -1.32. The van der Waals surface area contributed by atoms with E-state index in [1.165, 1.54) is 6.42 Å². The lowest BCUT2D eigenvalue weighted by Gasteiger charge is -2.31. The summed E-state index contributed by atoms with van der Waals surface area (Å²) >= 11 is 0. The van der Waals surface area contributed by atoms with E-state index >= 15 is 0 Å². The van der Waals surface area contributed by atoms with E-state index in [1.807, 2.05) is 0 Å². The van der Waals surface area contributed by atoms with E-state index in [0.29, 0.717) is 23.7 Å². The highest BCUT2D eigenvalue weighted by molar-refractivity contribution is 6.32. The monoisotopic (exact) mass is 263 g/mol. The van der Waals surface area contributed by atoms with Gasteiger partial charge in [0.1, 0.15) is 6.04 Å². The van der Waals surface area contributed by atoms with E-state index in [1.54, 1.807) is 0 Å². The summed E-state index contributed by atoms with van der Waals surface area (Å²) in [6.45, 7) is 5.92. The highest BCUT2D eigenvalue weighted by atomic mass is 16.4. The van der Waals surface area contributed by atoms with Crippen molar-refractivity contribution < 1.29 is 14.5 Å². The molecule has 3 unspecified atom stereocenters. The first-order chi connectivity index (χ1) is 9.08. The van der Waals surface area contributed by atoms with Gasteiger partial charge in [-0.3, -0.25) is 9.48 Å². The molecule has 0 amide bonds. The molecular weight excluding hydrogens is 240 g/mol. The molecule has 3 rings (SSSR count). The maximum Gasteiger partial charge on any atom is 0.418 e. The van der Waals surface area contributed by atoms with Crippen LogP contribution in [0.4, 0.5) is 0 Å². The Balaban J connectivity index is 1.97. The summed E-state index contributed by atoms with van der Waals surface area (Å²) in [6, 6.07) is 0.658. The molecule has 1 fully saturated rings. The van der Waals surface area contributed by atoms with Crippen LogP contribution in [0.25, 0.3) is 0 Å². The molecule has 1 saturated carbocycles. The Labute approximate surface area is 114 Å². The summed E-state index contributed by atoms with van der Waals surface area (Å²) < 4.78 is 2.18. The second-order valence-corrected chi connectivity index (χ2v) is 6.31. The fourth-order valence-electron chi connectivity index (χ4n) is 3.97. The first-order valence-electron chi connectivity index (χ1n) is 7.39. The Bertz CT molecular complexity index is 453. The van der Waals surface area contributed by atoms with Crippen LogP contribution < -0.4 is 0 Å². The number of amidine groups is 1. The van der Waals surface area contributed by atoms with Gasteiger partial charge in [-0.05, 0) is 32.6 Å². The van der Waals surface area contributed by atoms with Crippen molar-refractivity contribution in [2.75, 3.05) is 13.1 Å². The third-order valence-corrected chi connectivity index (χ3v) is 4.80. The minimum absolute atomic E-state index is 0.253. The second kappa shape index (κ2) is 4.66. The molecular formula is C15H23N2O2+. The highest BCUT2D eigenvalue weighted by Crippen LogP contribution is 2.41. The molecule has 4 heteroatoms. The van der Waals surface area contributed by atoms with Gasteiger partial charge >= 0.3 is 11.8 Å². The lowest BCUT2D eigenvalue weighted by atomic mass is 9.99. The van der Waals surface area contributed by atoms with Gasteiger partial charge in [-0.25, -0.2) is 4.79 Å². The molecule has 1 aliphatic heterocycles. The lowest BCUT2D eigenvalue weighted by Crippen LogP contribution is -2.54. The summed E-state index contributed by atoms with van der Waals surface area (Å²) in [6.07, 6.45) is 8.02. The number of allylic oxidation sites excluding steroid dienone is 1. The van der Waals surface area contributed by atoms with Crippen molar-refractivity contribution in [2.24, 2.45) is 11.8 Å². The molecule has 0 saturated heterocycles. The minimum Gasteiger partial charge on any atom is -0.472 e. The smallest absolute Gasteiger partial charge is 0.418 e. The number of rotatable bonds is 3. The molecule has 104 valence electrons. The van der Waals surface area contributed by atoms with Gasteiger partial charge in [-0.2, -0.15) is 0 Å². The average Bonchev–Trinajstić information content (AvgIpc) is 2.99. The summed E-state index contributed by atoms with van der Waals surface area (Å²) in [4.78, 5) is 13.8. The number of nitrogens with zero attached hydrogens (tertiary/aromatic N) is 2. The van der Waals surface area contributed by atoms with Gasteiger partial charge in [-0.1, -0.05) is 12.2 Å². The van der Waals surface area contributed by atoms with Crippen molar-refractivity contribution >= 4 is 11.8 Å². The summed E-state index contributed by atoms with van der Waals surface area (Å²) in [5.41, 5.74) is 0. The van der Waals surface area contributed by atoms with Gasteiger partial charge in [0, 0.05) is 12.3 Å². The highest BCUT2D eigenvalue weighted by Gasteiger charge is 2.45. The molecule has 3 aliphatic rings. The summed E-state index contributed by atoms with van der Waals surface area (Å²) in [5, 5.41) is 9.62. The number of aliphatic carboxylic acids is 1. The van der Waals surface area contributed by atoms with Gasteiger partial charge in [0.25, 0.3) is 0 Å². The Morgan fingerprint density at radius 3 is 2.74 bits per heavy atom. The fraction of sp³-hybridized carbons (Fsp3) is 0.733. The quantitative estimate of drug-likeness (QED) is 0.621. The first kappa shape index (κ1) is 12.7. The van der Waals surface area contributed by atoms with Crippen molar-refractivity contribution in [1.82, 2.24) is 4.90 Å². The van der Waals surface area contributed by atoms with E-state index in [4.69, 9.17) is 0 Å². The average molecular weight is 263 g/mol. The number of hydrogen-bond acceptors (Lipinski definition) is 2. The molecule has 0 spiro atoms. The van der Waals surface area contributed by atoms with E-state index in [0.717, 1.165) is 25.9 Å². The largest absolute Gasteiger partial charge is 0.472 e. The van der Waals surface area contributed by atoms with Crippen LogP contribution in [0.15, 0.2) is 12.2 Å². The molecule has 1 N–H and O–H groups in total. The lowest BCUT2D eigenvalue weighted by molar-refractivity contribution is -0.579. The van der Waals surface area contributed by atoms with Gasteiger partial charge in [0.05, 0.1) is 19.1 Å². The van der Waals surface area contributed by atoms with Crippen molar-refractivity contribution in [2.45, 2.75) is 45.2 Å². The molecule has 1 heterocycles. The van der Waals surface area contributed by atoms with Gasteiger partial charge in [-0.15, -0.1) is 0 Å². The summed E-state index contributed by atoms with van der Waals surface area (Å²) in [7, 11) is 0. The third kappa shape index (κ3) is 2.07. The normalized spacial score (nSPS) is 33.6. The molecule has 19 heavy (non-hydrogen) atoms. The zero-order valence-electron chi connectivity index (χ0n) is 11.7.